The predicted octanol–water partition coefficient (Wildman–Crippen LogP) is 1.60. The molecule has 0 aromatic heterocycles. The van der Waals surface area contributed by atoms with Gasteiger partial charge >= 0.3 is 0 Å². The summed E-state index contributed by atoms with van der Waals surface area (Å²) in [5.74, 6) is 0.717. The van der Waals surface area contributed by atoms with Gasteiger partial charge in [0.25, 0.3) is 0 Å². The first-order chi connectivity index (χ1) is 6.83. The second kappa shape index (κ2) is 4.11. The van der Waals surface area contributed by atoms with E-state index in [0.29, 0.717) is 12.5 Å². The topological polar surface area (TPSA) is 52.0 Å². The molecule has 0 amide bonds. The molecule has 0 bridgehead atoms. The van der Waals surface area contributed by atoms with Crippen LogP contribution < -0.4 is 11.5 Å². The van der Waals surface area contributed by atoms with Crippen molar-refractivity contribution in [2.45, 2.75) is 25.3 Å². The van der Waals surface area contributed by atoms with Crippen LogP contribution in [0.4, 0.5) is 0 Å². The van der Waals surface area contributed by atoms with E-state index < -0.39 is 0 Å². The predicted molar refractivity (Wildman–Crippen MR) is 58.9 cm³/mol. The van der Waals surface area contributed by atoms with Crippen LogP contribution >= 0.6 is 0 Å². The van der Waals surface area contributed by atoms with Gasteiger partial charge in [0.15, 0.2) is 0 Å². The molecule has 14 heavy (non-hydrogen) atoms. The van der Waals surface area contributed by atoms with E-state index in [1.54, 1.807) is 0 Å². The van der Waals surface area contributed by atoms with Crippen LogP contribution in [0.25, 0.3) is 0 Å². The first kappa shape index (κ1) is 9.69. The Labute approximate surface area is 85.3 Å². The summed E-state index contributed by atoms with van der Waals surface area (Å²) in [4.78, 5) is 0. The highest BCUT2D eigenvalue weighted by molar-refractivity contribution is 5.31. The van der Waals surface area contributed by atoms with Gasteiger partial charge in [0.1, 0.15) is 0 Å². The zero-order chi connectivity index (χ0) is 9.97. The summed E-state index contributed by atoms with van der Waals surface area (Å²) in [6.07, 6.45) is 3.52. The average molecular weight is 190 g/mol. The lowest BCUT2D eigenvalue weighted by atomic mass is 9.96. The van der Waals surface area contributed by atoms with Crippen LogP contribution in [0.15, 0.2) is 24.3 Å². The summed E-state index contributed by atoms with van der Waals surface area (Å²) < 4.78 is 0. The molecule has 1 saturated carbocycles. The zero-order valence-electron chi connectivity index (χ0n) is 8.45. The molecule has 1 aliphatic carbocycles. The summed E-state index contributed by atoms with van der Waals surface area (Å²) >= 11 is 0. The number of nitrogens with two attached hydrogens (primary N) is 2. The molecule has 0 spiro atoms. The summed E-state index contributed by atoms with van der Waals surface area (Å²) in [6.45, 7) is 0.703. The van der Waals surface area contributed by atoms with Crippen LogP contribution in [0.1, 0.15) is 30.0 Å². The van der Waals surface area contributed by atoms with Gasteiger partial charge in [-0.3, -0.25) is 0 Å². The molecule has 2 rings (SSSR count). The lowest BCUT2D eigenvalue weighted by Gasteiger charge is -2.15. The van der Waals surface area contributed by atoms with Gasteiger partial charge in [-0.05, 0) is 42.9 Å². The highest BCUT2D eigenvalue weighted by atomic mass is 14.7. The van der Waals surface area contributed by atoms with E-state index in [1.165, 1.54) is 24.0 Å². The molecule has 0 radical (unpaired) electrons. The minimum atomic E-state index is 0.234. The highest BCUT2D eigenvalue weighted by Gasteiger charge is 2.30. The fraction of sp³-hybridized carbons (Fsp3) is 0.500. The molecular formula is C12H18N2. The summed E-state index contributed by atoms with van der Waals surface area (Å²) in [5, 5.41) is 0. The molecule has 0 saturated heterocycles. The minimum Gasteiger partial charge on any atom is -0.330 e. The van der Waals surface area contributed by atoms with E-state index in [4.69, 9.17) is 11.5 Å². The monoisotopic (exact) mass is 190 g/mol. The van der Waals surface area contributed by atoms with Gasteiger partial charge in [0.05, 0.1) is 0 Å². The Morgan fingerprint density at radius 3 is 2.64 bits per heavy atom. The standard InChI is InChI=1S/C12H18N2/c13-8-7-9-3-1-2-4-11(9)12(14)10-5-6-10/h1-4,10,12H,5-8,13-14H2. The molecule has 76 valence electrons. The van der Waals surface area contributed by atoms with E-state index in [9.17, 15) is 0 Å². The van der Waals surface area contributed by atoms with Crippen molar-refractivity contribution < 1.29 is 0 Å². The molecule has 2 heteroatoms. The number of hydrogen-bond donors (Lipinski definition) is 2. The molecule has 4 N–H and O–H groups in total. The van der Waals surface area contributed by atoms with Crippen molar-refractivity contribution in [1.29, 1.82) is 0 Å². The van der Waals surface area contributed by atoms with E-state index in [1.807, 2.05) is 0 Å². The first-order valence-electron chi connectivity index (χ1n) is 5.36. The van der Waals surface area contributed by atoms with Gasteiger partial charge in [-0.15, -0.1) is 0 Å². The quantitative estimate of drug-likeness (QED) is 0.757. The lowest BCUT2D eigenvalue weighted by molar-refractivity contribution is 0.626. The Bertz CT molecular complexity index is 305. The zero-order valence-corrected chi connectivity index (χ0v) is 8.45. The lowest BCUT2D eigenvalue weighted by Crippen LogP contribution is -2.16. The Hall–Kier alpha value is -0.860. The van der Waals surface area contributed by atoms with Crippen molar-refractivity contribution in [3.63, 3.8) is 0 Å². The van der Waals surface area contributed by atoms with Gasteiger partial charge in [0, 0.05) is 6.04 Å². The number of benzene rings is 1. The second-order valence-corrected chi connectivity index (χ2v) is 4.10. The fourth-order valence-electron chi connectivity index (χ4n) is 1.95. The van der Waals surface area contributed by atoms with E-state index in [0.717, 1.165) is 6.42 Å². The molecular weight excluding hydrogens is 172 g/mol. The van der Waals surface area contributed by atoms with Crippen LogP contribution in [0.3, 0.4) is 0 Å². The Kier molecular flexibility index (Phi) is 2.85. The largest absolute Gasteiger partial charge is 0.330 e. The maximum atomic E-state index is 6.19. The third kappa shape index (κ3) is 1.97. The third-order valence-electron chi connectivity index (χ3n) is 2.96. The van der Waals surface area contributed by atoms with E-state index in [-0.39, 0.29) is 6.04 Å². The number of rotatable bonds is 4. The van der Waals surface area contributed by atoms with Gasteiger partial charge in [-0.2, -0.15) is 0 Å². The molecule has 1 unspecified atom stereocenters. The Morgan fingerprint density at radius 1 is 1.29 bits per heavy atom. The van der Waals surface area contributed by atoms with Crippen LogP contribution in [-0.2, 0) is 6.42 Å². The Balaban J connectivity index is 2.20. The minimum absolute atomic E-state index is 0.234. The third-order valence-corrected chi connectivity index (χ3v) is 2.96. The maximum absolute atomic E-state index is 6.19. The first-order valence-corrected chi connectivity index (χ1v) is 5.36. The van der Waals surface area contributed by atoms with Crippen molar-refractivity contribution >= 4 is 0 Å². The van der Waals surface area contributed by atoms with Crippen molar-refractivity contribution in [3.8, 4) is 0 Å². The van der Waals surface area contributed by atoms with E-state index >= 15 is 0 Å². The van der Waals surface area contributed by atoms with Crippen molar-refractivity contribution in [2.24, 2.45) is 17.4 Å². The fourth-order valence-corrected chi connectivity index (χ4v) is 1.95. The average Bonchev–Trinajstić information content (AvgIpc) is 3.01. The number of hydrogen-bond acceptors (Lipinski definition) is 2. The van der Waals surface area contributed by atoms with Crippen molar-refractivity contribution in [2.75, 3.05) is 6.54 Å². The van der Waals surface area contributed by atoms with Gasteiger partial charge in [-0.25, -0.2) is 0 Å². The van der Waals surface area contributed by atoms with Crippen LogP contribution in [0, 0.1) is 5.92 Å². The maximum Gasteiger partial charge on any atom is 0.0326 e. The summed E-state index contributed by atoms with van der Waals surface area (Å²) in [5.41, 5.74) is 14.4. The molecule has 0 heterocycles. The smallest absolute Gasteiger partial charge is 0.0326 e. The van der Waals surface area contributed by atoms with Gasteiger partial charge < -0.3 is 11.5 Å². The SMILES string of the molecule is NCCc1ccccc1C(N)C1CC1. The molecule has 1 fully saturated rings. The molecule has 1 atom stereocenters. The van der Waals surface area contributed by atoms with Crippen molar-refractivity contribution in [3.05, 3.63) is 35.4 Å². The molecule has 1 aromatic carbocycles. The normalized spacial score (nSPS) is 18.1. The van der Waals surface area contributed by atoms with Gasteiger partial charge in [-0.1, -0.05) is 24.3 Å². The van der Waals surface area contributed by atoms with Crippen LogP contribution in [0.2, 0.25) is 0 Å². The molecule has 2 nitrogen and oxygen atoms in total. The molecule has 1 aromatic rings. The van der Waals surface area contributed by atoms with Gasteiger partial charge in [0.2, 0.25) is 0 Å². The van der Waals surface area contributed by atoms with Crippen LogP contribution in [-0.4, -0.2) is 6.54 Å². The summed E-state index contributed by atoms with van der Waals surface area (Å²) in [7, 11) is 0. The Morgan fingerprint density at radius 2 is 2.00 bits per heavy atom. The summed E-state index contributed by atoms with van der Waals surface area (Å²) in [6, 6.07) is 8.65. The second-order valence-electron chi connectivity index (χ2n) is 4.10. The van der Waals surface area contributed by atoms with E-state index in [2.05, 4.69) is 24.3 Å². The van der Waals surface area contributed by atoms with Crippen molar-refractivity contribution in [1.82, 2.24) is 0 Å². The van der Waals surface area contributed by atoms with Crippen LogP contribution in [0.5, 0.6) is 0 Å². The molecule has 0 aliphatic heterocycles. The molecule has 1 aliphatic rings. The highest BCUT2D eigenvalue weighted by Crippen LogP contribution is 2.40.